The van der Waals surface area contributed by atoms with Crippen LogP contribution in [0.25, 0.3) is 27.4 Å². The van der Waals surface area contributed by atoms with Crippen molar-refractivity contribution in [3.63, 3.8) is 0 Å². The number of rotatable bonds is 2. The predicted octanol–water partition coefficient (Wildman–Crippen LogP) is 4.05. The second-order valence-electron chi connectivity index (χ2n) is 7.13. The van der Waals surface area contributed by atoms with E-state index in [4.69, 9.17) is 0 Å². The van der Waals surface area contributed by atoms with Gasteiger partial charge in [-0.1, -0.05) is 24.3 Å². The van der Waals surface area contributed by atoms with E-state index in [1.807, 2.05) is 0 Å². The van der Waals surface area contributed by atoms with Crippen molar-refractivity contribution in [2.75, 3.05) is 0 Å². The largest absolute Gasteiger partial charge is 0.416 e. The molecule has 0 amide bonds. The summed E-state index contributed by atoms with van der Waals surface area (Å²) in [6.45, 7) is 0. The number of aromatic nitrogens is 3. The molecule has 0 unspecified atom stereocenters. The lowest BCUT2D eigenvalue weighted by Gasteiger charge is -2.16. The molecule has 146 valence electrons. The van der Waals surface area contributed by atoms with Crippen LogP contribution in [0, 0.1) is 0 Å². The number of fused-ring (bicyclic) bond motifs is 2. The van der Waals surface area contributed by atoms with E-state index in [0.29, 0.717) is 5.39 Å². The molecule has 0 bridgehead atoms. The van der Waals surface area contributed by atoms with Crippen LogP contribution in [-0.4, -0.2) is 14.1 Å². The zero-order valence-electron chi connectivity index (χ0n) is 15.0. The van der Waals surface area contributed by atoms with Crippen LogP contribution < -0.4 is 11.2 Å². The Kier molecular flexibility index (Phi) is 3.68. The first-order valence-electron chi connectivity index (χ1n) is 9.08. The molecular formula is C21H14F3N3O2. The molecule has 5 rings (SSSR count). The minimum atomic E-state index is -4.59. The van der Waals surface area contributed by atoms with Crippen LogP contribution in [0.2, 0.25) is 0 Å². The first-order chi connectivity index (χ1) is 13.9. The fourth-order valence-corrected chi connectivity index (χ4v) is 3.69. The second-order valence-corrected chi connectivity index (χ2v) is 7.13. The molecule has 0 spiro atoms. The molecule has 1 aliphatic rings. The highest BCUT2D eigenvalue weighted by atomic mass is 19.4. The van der Waals surface area contributed by atoms with Crippen molar-refractivity contribution in [2.24, 2.45) is 0 Å². The van der Waals surface area contributed by atoms with Gasteiger partial charge >= 0.3 is 11.9 Å². The number of hydrogen-bond donors (Lipinski definition) is 0. The molecule has 0 aliphatic heterocycles. The van der Waals surface area contributed by atoms with E-state index in [1.165, 1.54) is 16.8 Å². The van der Waals surface area contributed by atoms with Crippen molar-refractivity contribution < 1.29 is 13.2 Å². The Morgan fingerprint density at radius 3 is 2.45 bits per heavy atom. The molecule has 5 nitrogen and oxygen atoms in total. The average molecular weight is 397 g/mol. The number of pyridine rings is 1. The Morgan fingerprint density at radius 1 is 0.966 bits per heavy atom. The summed E-state index contributed by atoms with van der Waals surface area (Å²) in [6, 6.07) is 9.92. The van der Waals surface area contributed by atoms with Gasteiger partial charge in [-0.05, 0) is 31.0 Å². The normalized spacial score (nSPS) is 14.6. The lowest BCUT2D eigenvalue weighted by atomic mass is 10.1. The van der Waals surface area contributed by atoms with E-state index >= 15 is 0 Å². The SMILES string of the molecule is O=c1c2cc(C(F)(F)F)ccc2n(C2CC2)c(=O)n1-c1cncc2ccccc12. The molecule has 0 radical (unpaired) electrons. The average Bonchev–Trinajstić information content (AvgIpc) is 3.52. The van der Waals surface area contributed by atoms with E-state index < -0.39 is 23.0 Å². The first-order valence-corrected chi connectivity index (χ1v) is 9.08. The topological polar surface area (TPSA) is 56.9 Å². The Balaban J connectivity index is 1.93. The molecule has 2 aromatic heterocycles. The molecule has 1 fully saturated rings. The number of alkyl halides is 3. The number of benzene rings is 2. The molecule has 2 heterocycles. The lowest BCUT2D eigenvalue weighted by molar-refractivity contribution is -0.137. The molecular weight excluding hydrogens is 383 g/mol. The third-order valence-corrected chi connectivity index (χ3v) is 5.21. The number of nitrogens with zero attached hydrogens (tertiary/aromatic N) is 3. The highest BCUT2D eigenvalue weighted by molar-refractivity contribution is 5.89. The summed E-state index contributed by atoms with van der Waals surface area (Å²) in [5.41, 5.74) is -1.80. The van der Waals surface area contributed by atoms with Gasteiger partial charge in [-0.25, -0.2) is 9.36 Å². The molecule has 0 N–H and O–H groups in total. The smallest absolute Gasteiger partial charge is 0.290 e. The van der Waals surface area contributed by atoms with Crippen LogP contribution in [0.5, 0.6) is 0 Å². The van der Waals surface area contributed by atoms with Gasteiger partial charge in [-0.15, -0.1) is 0 Å². The molecule has 2 aromatic carbocycles. The van der Waals surface area contributed by atoms with Crippen molar-refractivity contribution in [2.45, 2.75) is 25.1 Å². The maximum Gasteiger partial charge on any atom is 0.416 e. The van der Waals surface area contributed by atoms with E-state index in [2.05, 4.69) is 4.98 Å². The summed E-state index contributed by atoms with van der Waals surface area (Å²) >= 11 is 0. The van der Waals surface area contributed by atoms with Gasteiger partial charge in [0, 0.05) is 23.0 Å². The summed E-state index contributed by atoms with van der Waals surface area (Å²) in [6.07, 6.45) is -0.120. The summed E-state index contributed by atoms with van der Waals surface area (Å²) in [5.74, 6) is 0. The Hall–Kier alpha value is -3.42. The maximum atomic E-state index is 13.3. The monoisotopic (exact) mass is 397 g/mol. The zero-order valence-corrected chi connectivity index (χ0v) is 15.0. The van der Waals surface area contributed by atoms with Gasteiger partial charge in [0.25, 0.3) is 5.56 Å². The van der Waals surface area contributed by atoms with Crippen molar-refractivity contribution >= 4 is 21.7 Å². The minimum Gasteiger partial charge on any atom is -0.290 e. The first kappa shape index (κ1) is 17.7. The van der Waals surface area contributed by atoms with Crippen LogP contribution >= 0.6 is 0 Å². The molecule has 1 saturated carbocycles. The number of hydrogen-bond acceptors (Lipinski definition) is 3. The van der Waals surface area contributed by atoms with Gasteiger partial charge in [0.1, 0.15) is 0 Å². The quantitative estimate of drug-likeness (QED) is 0.513. The van der Waals surface area contributed by atoms with Crippen molar-refractivity contribution in [3.8, 4) is 5.69 Å². The lowest BCUT2D eigenvalue weighted by Crippen LogP contribution is -2.39. The second kappa shape index (κ2) is 6.04. The summed E-state index contributed by atoms with van der Waals surface area (Å²) < 4.78 is 42.1. The van der Waals surface area contributed by atoms with Crippen molar-refractivity contribution in [1.82, 2.24) is 14.1 Å². The maximum absolute atomic E-state index is 13.3. The van der Waals surface area contributed by atoms with Gasteiger partial charge in [0.05, 0.1) is 28.4 Å². The Labute approximate surface area is 161 Å². The van der Waals surface area contributed by atoms with Crippen LogP contribution in [0.4, 0.5) is 13.2 Å². The summed E-state index contributed by atoms with van der Waals surface area (Å²) in [7, 11) is 0. The van der Waals surface area contributed by atoms with Crippen molar-refractivity contribution in [1.29, 1.82) is 0 Å². The fraction of sp³-hybridized carbons (Fsp3) is 0.190. The highest BCUT2D eigenvalue weighted by Gasteiger charge is 2.33. The van der Waals surface area contributed by atoms with Gasteiger partial charge < -0.3 is 0 Å². The van der Waals surface area contributed by atoms with Crippen LogP contribution in [-0.2, 0) is 6.18 Å². The molecule has 29 heavy (non-hydrogen) atoms. The molecule has 4 aromatic rings. The number of halogens is 3. The van der Waals surface area contributed by atoms with Crippen LogP contribution in [0.3, 0.4) is 0 Å². The molecule has 0 atom stereocenters. The third-order valence-electron chi connectivity index (χ3n) is 5.21. The van der Waals surface area contributed by atoms with Gasteiger partial charge in [0.2, 0.25) is 0 Å². The molecule has 0 saturated heterocycles. The molecule has 1 aliphatic carbocycles. The summed E-state index contributed by atoms with van der Waals surface area (Å²) in [4.78, 5) is 30.6. The van der Waals surface area contributed by atoms with E-state index in [9.17, 15) is 22.8 Å². The third kappa shape index (κ3) is 2.74. The molecule has 8 heteroatoms. The van der Waals surface area contributed by atoms with E-state index in [1.54, 1.807) is 30.5 Å². The zero-order chi connectivity index (χ0) is 20.3. The van der Waals surface area contributed by atoms with Gasteiger partial charge in [-0.2, -0.15) is 13.2 Å². The standard InChI is InChI=1S/C21H14F3N3O2/c22-21(23,24)13-5-8-17-16(9-13)19(28)27(20(29)26(17)14-6-7-14)18-11-25-10-12-3-1-2-4-15(12)18/h1-5,8-11,14H,6-7H2. The van der Waals surface area contributed by atoms with E-state index in [0.717, 1.165) is 34.9 Å². The van der Waals surface area contributed by atoms with Gasteiger partial charge in [-0.3, -0.25) is 14.3 Å². The Morgan fingerprint density at radius 2 is 1.72 bits per heavy atom. The predicted molar refractivity (Wildman–Crippen MR) is 102 cm³/mol. The van der Waals surface area contributed by atoms with E-state index in [-0.39, 0.29) is 22.6 Å². The minimum absolute atomic E-state index is 0.128. The fourth-order valence-electron chi connectivity index (χ4n) is 3.69. The van der Waals surface area contributed by atoms with Crippen molar-refractivity contribution in [3.05, 3.63) is 81.3 Å². The van der Waals surface area contributed by atoms with Crippen LogP contribution in [0.15, 0.2) is 64.4 Å². The Bertz CT molecular complexity index is 1390. The summed E-state index contributed by atoms with van der Waals surface area (Å²) in [5, 5.41) is 1.20. The van der Waals surface area contributed by atoms with Crippen LogP contribution in [0.1, 0.15) is 24.4 Å². The van der Waals surface area contributed by atoms with Gasteiger partial charge in [0.15, 0.2) is 0 Å². The highest BCUT2D eigenvalue weighted by Crippen LogP contribution is 2.37.